The maximum Gasteiger partial charge on any atom is 0.326 e. The van der Waals surface area contributed by atoms with Gasteiger partial charge in [-0.2, -0.15) is 4.98 Å². The Balaban J connectivity index is 1.37. The molecular weight excluding hydrogens is 374 g/mol. The molecule has 0 atom stereocenters. The molecule has 0 N–H and O–H groups in total. The van der Waals surface area contributed by atoms with Gasteiger partial charge in [0.25, 0.3) is 17.6 Å². The minimum atomic E-state index is -0.751. The summed E-state index contributed by atoms with van der Waals surface area (Å²) < 4.78 is 10.3. The molecule has 3 aromatic rings. The number of Topliss-reactive ketones (excluding diaryl/α,β-unsaturated/α-hetero) is 1. The van der Waals surface area contributed by atoms with Gasteiger partial charge in [-0.3, -0.25) is 19.3 Å². The second kappa shape index (κ2) is 7.67. The lowest BCUT2D eigenvalue weighted by atomic mass is 10.1. The van der Waals surface area contributed by atoms with E-state index in [0.717, 1.165) is 16.9 Å². The zero-order valence-electron chi connectivity index (χ0n) is 15.6. The van der Waals surface area contributed by atoms with Crippen LogP contribution in [0.4, 0.5) is 5.69 Å². The van der Waals surface area contributed by atoms with Crippen LogP contribution in [0.25, 0.3) is 11.4 Å². The number of ketones is 1. The van der Waals surface area contributed by atoms with Crippen molar-refractivity contribution >= 4 is 23.3 Å². The van der Waals surface area contributed by atoms with Gasteiger partial charge in [-0.15, -0.1) is 0 Å². The van der Waals surface area contributed by atoms with E-state index in [-0.39, 0.29) is 24.6 Å². The molecule has 0 saturated carbocycles. The highest BCUT2D eigenvalue weighted by Crippen LogP contribution is 2.28. The van der Waals surface area contributed by atoms with E-state index in [9.17, 15) is 14.4 Å². The molecule has 2 heterocycles. The van der Waals surface area contributed by atoms with Crippen molar-refractivity contribution in [2.45, 2.75) is 20.0 Å². The highest BCUT2D eigenvalue weighted by Gasteiger charge is 2.36. The van der Waals surface area contributed by atoms with E-state index in [2.05, 4.69) is 17.1 Å². The van der Waals surface area contributed by atoms with Gasteiger partial charge in [-0.05, 0) is 24.1 Å². The van der Waals surface area contributed by atoms with Crippen LogP contribution in [-0.2, 0) is 27.4 Å². The van der Waals surface area contributed by atoms with Gasteiger partial charge in [0.1, 0.15) is 6.54 Å². The first-order valence-corrected chi connectivity index (χ1v) is 9.09. The Morgan fingerprint density at radius 3 is 2.62 bits per heavy atom. The van der Waals surface area contributed by atoms with Crippen LogP contribution in [-0.4, -0.2) is 34.3 Å². The molecule has 0 spiro atoms. The molecule has 1 amide bonds. The number of aryl methyl sites for hydroxylation is 1. The maximum atomic E-state index is 12.2. The molecule has 0 saturated heterocycles. The topological polar surface area (TPSA) is 103 Å². The fourth-order valence-electron chi connectivity index (χ4n) is 3.04. The third-order valence-electron chi connectivity index (χ3n) is 4.61. The van der Waals surface area contributed by atoms with Gasteiger partial charge in [-0.25, -0.2) is 0 Å². The van der Waals surface area contributed by atoms with E-state index in [1.54, 1.807) is 24.3 Å². The third-order valence-corrected chi connectivity index (χ3v) is 4.61. The molecular formula is C21H17N3O5. The Labute approximate surface area is 166 Å². The lowest BCUT2D eigenvalue weighted by Crippen LogP contribution is -2.35. The number of esters is 1. The fraction of sp³-hybridized carbons (Fsp3) is 0.190. The van der Waals surface area contributed by atoms with Gasteiger partial charge in [0, 0.05) is 5.56 Å². The zero-order valence-corrected chi connectivity index (χ0v) is 15.6. The zero-order chi connectivity index (χ0) is 20.4. The molecule has 0 fully saturated rings. The number of nitrogens with zero attached hydrogens (tertiary/aromatic N) is 3. The highest BCUT2D eigenvalue weighted by atomic mass is 16.6. The molecule has 1 aliphatic heterocycles. The van der Waals surface area contributed by atoms with Crippen molar-refractivity contribution in [1.29, 1.82) is 0 Å². The largest absolute Gasteiger partial charge is 0.454 e. The molecule has 0 bridgehead atoms. The third kappa shape index (κ3) is 3.64. The fourth-order valence-corrected chi connectivity index (χ4v) is 3.04. The SMILES string of the molecule is CCc1ccc(-c2noc(COC(=O)CN3C(=O)C(=O)c4ccccc43)n2)cc1. The van der Waals surface area contributed by atoms with Crippen LogP contribution in [0.15, 0.2) is 53.1 Å². The van der Waals surface area contributed by atoms with Crippen LogP contribution < -0.4 is 4.90 Å². The molecule has 8 nitrogen and oxygen atoms in total. The summed E-state index contributed by atoms with van der Waals surface area (Å²) in [5, 5.41) is 3.89. The summed E-state index contributed by atoms with van der Waals surface area (Å²) in [5.74, 6) is -1.54. The molecule has 0 aliphatic carbocycles. The Hall–Kier alpha value is -3.81. The number of rotatable bonds is 6. The summed E-state index contributed by atoms with van der Waals surface area (Å²) in [6.07, 6.45) is 0.934. The standard InChI is InChI=1S/C21H17N3O5/c1-2-13-7-9-14(10-8-13)20-22-17(29-23-20)12-28-18(25)11-24-16-6-4-3-5-15(16)19(26)21(24)27/h3-10H,2,11-12H2,1H3. The van der Waals surface area contributed by atoms with Gasteiger partial charge >= 0.3 is 5.97 Å². The average molecular weight is 391 g/mol. The number of anilines is 1. The highest BCUT2D eigenvalue weighted by molar-refractivity contribution is 6.52. The Morgan fingerprint density at radius 2 is 1.86 bits per heavy atom. The summed E-state index contributed by atoms with van der Waals surface area (Å²) >= 11 is 0. The Kier molecular flexibility index (Phi) is 4.90. The molecule has 0 unspecified atom stereocenters. The van der Waals surface area contributed by atoms with Crippen molar-refractivity contribution in [2.24, 2.45) is 0 Å². The number of ether oxygens (including phenoxy) is 1. The second-order valence-corrected chi connectivity index (χ2v) is 6.46. The number of carbonyl (C=O) groups is 3. The summed E-state index contributed by atoms with van der Waals surface area (Å²) in [7, 11) is 0. The van der Waals surface area contributed by atoms with E-state index in [4.69, 9.17) is 9.26 Å². The van der Waals surface area contributed by atoms with Crippen LogP contribution in [0.5, 0.6) is 0 Å². The van der Waals surface area contributed by atoms with Gasteiger partial charge in [0.2, 0.25) is 5.82 Å². The normalized spacial score (nSPS) is 12.9. The van der Waals surface area contributed by atoms with Crippen LogP contribution >= 0.6 is 0 Å². The number of benzene rings is 2. The molecule has 1 aromatic heterocycles. The minimum Gasteiger partial charge on any atom is -0.454 e. The number of carbonyl (C=O) groups excluding carboxylic acids is 3. The molecule has 0 radical (unpaired) electrons. The summed E-state index contributed by atoms with van der Waals surface area (Å²) in [6, 6.07) is 14.3. The van der Waals surface area contributed by atoms with Crippen LogP contribution in [0.3, 0.4) is 0 Å². The van der Waals surface area contributed by atoms with E-state index in [1.165, 1.54) is 5.56 Å². The molecule has 146 valence electrons. The summed E-state index contributed by atoms with van der Waals surface area (Å²) in [4.78, 5) is 41.6. The van der Waals surface area contributed by atoms with Gasteiger partial charge in [0.05, 0.1) is 11.3 Å². The predicted molar refractivity (Wildman–Crippen MR) is 102 cm³/mol. The van der Waals surface area contributed by atoms with Crippen LogP contribution in [0.1, 0.15) is 28.7 Å². The van der Waals surface area contributed by atoms with E-state index in [0.29, 0.717) is 11.5 Å². The molecule has 4 rings (SSSR count). The lowest BCUT2D eigenvalue weighted by molar-refractivity contribution is -0.144. The Bertz CT molecular complexity index is 1090. The van der Waals surface area contributed by atoms with Crippen molar-refractivity contribution in [3.05, 3.63) is 65.5 Å². The Morgan fingerprint density at radius 1 is 1.10 bits per heavy atom. The smallest absolute Gasteiger partial charge is 0.326 e. The minimum absolute atomic E-state index is 0.136. The lowest BCUT2D eigenvalue weighted by Gasteiger charge is -2.14. The number of hydrogen-bond donors (Lipinski definition) is 0. The van der Waals surface area contributed by atoms with E-state index in [1.807, 2.05) is 24.3 Å². The molecule has 8 heteroatoms. The first kappa shape index (κ1) is 18.5. The van der Waals surface area contributed by atoms with E-state index < -0.39 is 17.7 Å². The number of aromatic nitrogens is 2. The molecule has 1 aliphatic rings. The van der Waals surface area contributed by atoms with Crippen LogP contribution in [0, 0.1) is 0 Å². The number of para-hydroxylation sites is 1. The first-order valence-electron chi connectivity index (χ1n) is 9.09. The number of amides is 1. The quantitative estimate of drug-likeness (QED) is 0.470. The number of fused-ring (bicyclic) bond motifs is 1. The predicted octanol–water partition coefficient (Wildman–Crippen LogP) is 2.57. The second-order valence-electron chi connectivity index (χ2n) is 6.46. The summed E-state index contributed by atoms with van der Waals surface area (Å²) in [5.41, 5.74) is 2.67. The van der Waals surface area contributed by atoms with E-state index >= 15 is 0 Å². The van der Waals surface area contributed by atoms with Gasteiger partial charge in [0.15, 0.2) is 6.61 Å². The summed E-state index contributed by atoms with van der Waals surface area (Å²) in [6.45, 7) is 1.47. The van der Waals surface area contributed by atoms with Crippen LogP contribution in [0.2, 0.25) is 0 Å². The first-order chi connectivity index (χ1) is 14.1. The van der Waals surface area contributed by atoms with Crippen molar-refractivity contribution in [2.75, 3.05) is 11.4 Å². The maximum absolute atomic E-state index is 12.2. The number of hydrogen-bond acceptors (Lipinski definition) is 7. The molecule has 2 aromatic carbocycles. The van der Waals surface area contributed by atoms with Crippen molar-refractivity contribution in [3.8, 4) is 11.4 Å². The monoisotopic (exact) mass is 391 g/mol. The average Bonchev–Trinajstić information content (AvgIpc) is 3.32. The van der Waals surface area contributed by atoms with Gasteiger partial charge < -0.3 is 9.26 Å². The van der Waals surface area contributed by atoms with Crippen molar-refractivity contribution in [3.63, 3.8) is 0 Å². The molecule has 29 heavy (non-hydrogen) atoms. The van der Waals surface area contributed by atoms with Crippen molar-refractivity contribution < 1.29 is 23.6 Å². The van der Waals surface area contributed by atoms with Gasteiger partial charge in [-0.1, -0.05) is 48.5 Å². The van der Waals surface area contributed by atoms with Crippen molar-refractivity contribution in [1.82, 2.24) is 10.1 Å².